The van der Waals surface area contributed by atoms with Crippen LogP contribution in [0.5, 0.6) is 0 Å². The number of carbonyl (C=O) groups excluding carboxylic acids is 1. The minimum absolute atomic E-state index is 0.0720. The lowest BCUT2D eigenvalue weighted by Crippen LogP contribution is -2.46. The number of rotatable bonds is 9. The summed E-state index contributed by atoms with van der Waals surface area (Å²) in [5, 5.41) is 18.8. The molecule has 1 amide bonds. The Bertz CT molecular complexity index is 1600. The van der Waals surface area contributed by atoms with Crippen molar-refractivity contribution in [3.05, 3.63) is 112 Å². The van der Waals surface area contributed by atoms with Gasteiger partial charge in [0.05, 0.1) is 36.6 Å². The first-order chi connectivity index (χ1) is 20.6. The van der Waals surface area contributed by atoms with Crippen LogP contribution in [0, 0.1) is 5.92 Å². The molecule has 0 aliphatic carbocycles. The van der Waals surface area contributed by atoms with Gasteiger partial charge in [0.2, 0.25) is 0 Å². The van der Waals surface area contributed by atoms with E-state index in [2.05, 4.69) is 33.2 Å². The van der Waals surface area contributed by atoms with Crippen LogP contribution < -0.4 is 4.90 Å². The van der Waals surface area contributed by atoms with Gasteiger partial charge in [0.15, 0.2) is 13.9 Å². The molecule has 3 heterocycles. The maximum Gasteiger partial charge on any atom is 0.264 e. The van der Waals surface area contributed by atoms with Crippen molar-refractivity contribution >= 4 is 35.8 Å². The Morgan fingerprint density at radius 2 is 1.77 bits per heavy atom. The number of aliphatic hydroxyl groups excluding tert-OH is 1. The van der Waals surface area contributed by atoms with Gasteiger partial charge < -0.3 is 19.5 Å². The summed E-state index contributed by atoms with van der Waals surface area (Å²) in [5.74, 6) is -0.591. The highest BCUT2D eigenvalue weighted by Crippen LogP contribution is 2.60. The Balaban J connectivity index is 1.30. The molecule has 8 nitrogen and oxygen atoms in total. The van der Waals surface area contributed by atoms with Crippen molar-refractivity contribution in [2.24, 2.45) is 5.92 Å². The van der Waals surface area contributed by atoms with Gasteiger partial charge in [-0.25, -0.2) is 0 Å². The lowest BCUT2D eigenvalue weighted by molar-refractivity contribution is -0.146. The van der Waals surface area contributed by atoms with Crippen LogP contribution in [0.3, 0.4) is 0 Å². The van der Waals surface area contributed by atoms with Gasteiger partial charge in [0.25, 0.3) is 5.91 Å². The molecular formula is C33H37BrN4O4Si. The number of hydrogen-bond donors (Lipinski definition) is 2. The molecule has 1 aromatic heterocycles. The van der Waals surface area contributed by atoms with Crippen LogP contribution in [-0.2, 0) is 28.2 Å². The zero-order chi connectivity index (χ0) is 30.4. The molecule has 4 aromatic rings. The Morgan fingerprint density at radius 1 is 1.07 bits per heavy atom. The number of ether oxygens (including phenoxy) is 1. The second kappa shape index (κ2) is 11.7. The van der Waals surface area contributed by atoms with E-state index in [9.17, 15) is 14.7 Å². The standard InChI is InChI=1S/C33H37BrN4O4Si/c1-22-31(43(2,3)41)30(16-17-37-20-28(35-36-37)26(21-39)24-12-8-5-9-13-24)42-33(22)27-18-25(34)14-15-29(27)38(32(33)40)19-23-10-6-4-7-11-23/h4-15,18,20,22,26,30-31,39,41H,16-17,19,21H2,1-3H3/t22-,26?,30+,31-,33+/m1/s1. The van der Waals surface area contributed by atoms with Crippen LogP contribution in [0.2, 0.25) is 18.6 Å². The number of aryl methyl sites for hydroxylation is 1. The van der Waals surface area contributed by atoms with Crippen LogP contribution in [0.1, 0.15) is 41.6 Å². The molecule has 10 heteroatoms. The van der Waals surface area contributed by atoms with Crippen molar-refractivity contribution in [1.29, 1.82) is 0 Å². The maximum atomic E-state index is 14.5. The molecule has 2 aliphatic rings. The number of hydrogen-bond acceptors (Lipinski definition) is 6. The fourth-order valence-corrected chi connectivity index (χ4v) is 10.1. The largest absolute Gasteiger partial charge is 0.432 e. The number of amides is 1. The smallest absolute Gasteiger partial charge is 0.264 e. The Hall–Kier alpha value is -3.15. The van der Waals surface area contributed by atoms with E-state index in [0.29, 0.717) is 25.2 Å². The Labute approximate surface area is 261 Å². The number of halogens is 1. The molecule has 1 unspecified atom stereocenters. The first-order valence-corrected chi connectivity index (χ1v) is 18.6. The summed E-state index contributed by atoms with van der Waals surface area (Å²) in [4.78, 5) is 27.9. The summed E-state index contributed by atoms with van der Waals surface area (Å²) in [6, 6.07) is 25.7. The van der Waals surface area contributed by atoms with E-state index in [1.54, 1.807) is 4.68 Å². The molecule has 3 aromatic carbocycles. The number of benzene rings is 3. The molecular weight excluding hydrogens is 624 g/mol. The fraction of sp³-hybridized carbons (Fsp3) is 0.364. The minimum atomic E-state index is -2.79. The van der Waals surface area contributed by atoms with Gasteiger partial charge in [-0.05, 0) is 48.8 Å². The third-order valence-corrected chi connectivity index (χ3v) is 12.1. The lowest BCUT2D eigenvalue weighted by atomic mass is 9.82. The quantitative estimate of drug-likeness (QED) is 0.227. The number of nitrogens with zero attached hydrogens (tertiary/aromatic N) is 4. The monoisotopic (exact) mass is 660 g/mol. The topological polar surface area (TPSA) is 101 Å². The molecule has 6 rings (SSSR count). The number of aromatic nitrogens is 3. The van der Waals surface area contributed by atoms with Crippen molar-refractivity contribution in [2.75, 3.05) is 11.5 Å². The third kappa shape index (κ3) is 5.40. The molecule has 5 atom stereocenters. The minimum Gasteiger partial charge on any atom is -0.432 e. The summed E-state index contributed by atoms with van der Waals surface area (Å²) >= 11 is 3.63. The van der Waals surface area contributed by atoms with Crippen LogP contribution in [0.25, 0.3) is 0 Å². The van der Waals surface area contributed by atoms with Gasteiger partial charge in [0, 0.05) is 34.2 Å². The predicted octanol–water partition coefficient (Wildman–Crippen LogP) is 5.60. The molecule has 1 fully saturated rings. The predicted molar refractivity (Wildman–Crippen MR) is 171 cm³/mol. The van der Waals surface area contributed by atoms with Gasteiger partial charge in [-0.1, -0.05) is 88.7 Å². The molecule has 0 bridgehead atoms. The zero-order valence-corrected chi connectivity index (χ0v) is 27.2. The van der Waals surface area contributed by atoms with Gasteiger partial charge >= 0.3 is 0 Å². The highest BCUT2D eigenvalue weighted by molar-refractivity contribution is 9.10. The average molecular weight is 662 g/mol. The first kappa shape index (κ1) is 29.9. The number of fused-ring (bicyclic) bond motifs is 2. The third-order valence-electron chi connectivity index (χ3n) is 9.07. The summed E-state index contributed by atoms with van der Waals surface area (Å²) in [6.07, 6.45) is 2.07. The van der Waals surface area contributed by atoms with Gasteiger partial charge in [-0.15, -0.1) is 5.10 Å². The first-order valence-electron chi connectivity index (χ1n) is 14.8. The van der Waals surface area contributed by atoms with Crippen LogP contribution in [-0.4, -0.2) is 51.8 Å². The molecule has 0 saturated carbocycles. The second-order valence-corrected chi connectivity index (χ2v) is 17.1. The van der Waals surface area contributed by atoms with E-state index in [-0.39, 0.29) is 36.0 Å². The molecule has 2 N–H and O–H groups in total. The lowest BCUT2D eigenvalue weighted by Gasteiger charge is -2.32. The summed E-state index contributed by atoms with van der Waals surface area (Å²) < 4.78 is 9.60. The molecule has 1 saturated heterocycles. The van der Waals surface area contributed by atoms with Crippen molar-refractivity contribution in [3.63, 3.8) is 0 Å². The van der Waals surface area contributed by atoms with Gasteiger partial charge in [-0.3, -0.25) is 9.48 Å². The van der Waals surface area contributed by atoms with Crippen molar-refractivity contribution in [3.8, 4) is 0 Å². The SMILES string of the molecule is C[C@@H]1[C@@H]([Si](C)(C)O)[C@H](CCn2cc(C(CO)c3ccccc3)nn2)O[C@@]12C(=O)N(Cc1ccccc1)c1ccc(Br)cc12. The van der Waals surface area contributed by atoms with Crippen molar-refractivity contribution < 1.29 is 19.4 Å². The Kier molecular flexibility index (Phi) is 8.16. The Morgan fingerprint density at radius 3 is 2.44 bits per heavy atom. The van der Waals surface area contributed by atoms with Crippen LogP contribution in [0.15, 0.2) is 89.5 Å². The van der Waals surface area contributed by atoms with Gasteiger partial charge in [0.1, 0.15) is 0 Å². The van der Waals surface area contributed by atoms with E-state index in [4.69, 9.17) is 4.74 Å². The highest BCUT2D eigenvalue weighted by Gasteiger charge is 2.66. The van der Waals surface area contributed by atoms with E-state index in [0.717, 1.165) is 26.9 Å². The van der Waals surface area contributed by atoms with Crippen molar-refractivity contribution in [1.82, 2.24) is 15.0 Å². The molecule has 224 valence electrons. The molecule has 2 aliphatic heterocycles. The van der Waals surface area contributed by atoms with E-state index >= 15 is 0 Å². The van der Waals surface area contributed by atoms with E-state index < -0.39 is 13.9 Å². The zero-order valence-electron chi connectivity index (χ0n) is 24.6. The summed E-state index contributed by atoms with van der Waals surface area (Å²) in [7, 11) is -2.79. The molecule has 43 heavy (non-hydrogen) atoms. The van der Waals surface area contributed by atoms with E-state index in [1.807, 2.05) is 103 Å². The fourth-order valence-electron chi connectivity index (χ4n) is 7.14. The van der Waals surface area contributed by atoms with Crippen molar-refractivity contribution in [2.45, 2.75) is 62.7 Å². The van der Waals surface area contributed by atoms with E-state index in [1.165, 1.54) is 0 Å². The molecule has 1 spiro atoms. The average Bonchev–Trinajstić information content (AvgIpc) is 3.64. The number of carbonyl (C=O) groups is 1. The molecule has 0 radical (unpaired) electrons. The number of aliphatic hydroxyl groups is 1. The number of anilines is 1. The van der Waals surface area contributed by atoms with Crippen LogP contribution >= 0.6 is 15.9 Å². The normalized spacial score (nSPS) is 24.1. The summed E-state index contributed by atoms with van der Waals surface area (Å²) in [5.41, 5.74) is 3.02. The second-order valence-electron chi connectivity index (χ2n) is 12.2. The maximum absolute atomic E-state index is 14.5. The van der Waals surface area contributed by atoms with Crippen LogP contribution in [0.4, 0.5) is 5.69 Å². The van der Waals surface area contributed by atoms with Gasteiger partial charge in [-0.2, -0.15) is 0 Å². The summed E-state index contributed by atoms with van der Waals surface area (Å²) in [6.45, 7) is 6.80. The highest BCUT2D eigenvalue weighted by atomic mass is 79.9.